The molecule has 3 heteroatoms. The van der Waals surface area contributed by atoms with Gasteiger partial charge >= 0.3 is 0 Å². The van der Waals surface area contributed by atoms with Gasteiger partial charge in [0.1, 0.15) is 0 Å². The summed E-state index contributed by atoms with van der Waals surface area (Å²) in [5.74, 6) is -0.273. The fourth-order valence-electron chi connectivity index (χ4n) is 8.96. The molecule has 2 saturated carbocycles. The van der Waals surface area contributed by atoms with Crippen LogP contribution in [0.2, 0.25) is 0 Å². The van der Waals surface area contributed by atoms with Crippen molar-refractivity contribution >= 4 is 0 Å². The Balaban J connectivity index is 1.28. The second kappa shape index (κ2) is 27.4. The quantitative estimate of drug-likeness (QED) is 0.0579. The Hall–Kier alpha value is -1.16. The van der Waals surface area contributed by atoms with Gasteiger partial charge in [0.25, 0.3) is 0 Å². The average Bonchev–Trinajstić information content (AvgIpc) is 3.78. The summed E-state index contributed by atoms with van der Waals surface area (Å²) in [4.78, 5) is 0. The van der Waals surface area contributed by atoms with E-state index in [0.29, 0.717) is 23.7 Å². The van der Waals surface area contributed by atoms with Crippen molar-refractivity contribution in [1.29, 1.82) is 0 Å². The summed E-state index contributed by atoms with van der Waals surface area (Å²) >= 11 is 0. The van der Waals surface area contributed by atoms with E-state index in [9.17, 15) is 0 Å². The highest BCUT2D eigenvalue weighted by molar-refractivity contribution is 5.02. The number of rotatable bonds is 31. The molecule has 2 unspecified atom stereocenters. The van der Waals surface area contributed by atoms with Gasteiger partial charge < -0.3 is 14.8 Å². The molecule has 4 atom stereocenters. The Labute approximate surface area is 312 Å². The third-order valence-corrected chi connectivity index (χ3v) is 12.1. The minimum Gasteiger partial charge on any atom is -0.344 e. The van der Waals surface area contributed by atoms with Crippen molar-refractivity contribution < 1.29 is 9.47 Å². The molecule has 1 aliphatic heterocycles. The summed E-state index contributed by atoms with van der Waals surface area (Å²) in [5, 5.41) is 3.46. The first kappa shape index (κ1) is 43.2. The van der Waals surface area contributed by atoms with E-state index in [1.807, 2.05) is 0 Å². The lowest BCUT2D eigenvalue weighted by Crippen LogP contribution is -2.33. The highest BCUT2D eigenvalue weighted by Gasteiger charge is 2.57. The van der Waals surface area contributed by atoms with E-state index >= 15 is 0 Å². The Bertz CT molecular complexity index is 871. The van der Waals surface area contributed by atoms with Crippen LogP contribution in [-0.2, 0) is 9.47 Å². The number of nitrogens with one attached hydrogen (secondary N) is 1. The molecule has 0 aromatic carbocycles. The molecular formula is C47H83NO2. The zero-order valence-corrected chi connectivity index (χ0v) is 33.6. The van der Waals surface area contributed by atoms with E-state index in [1.54, 1.807) is 0 Å². The summed E-state index contributed by atoms with van der Waals surface area (Å²) in [5.41, 5.74) is 0.436. The lowest BCUT2D eigenvalue weighted by Gasteiger charge is -2.32. The zero-order valence-electron chi connectivity index (χ0n) is 33.6. The van der Waals surface area contributed by atoms with Crippen LogP contribution in [0.15, 0.2) is 48.6 Å². The molecule has 0 bridgehead atoms. The van der Waals surface area contributed by atoms with Crippen molar-refractivity contribution in [1.82, 2.24) is 5.32 Å². The van der Waals surface area contributed by atoms with Gasteiger partial charge in [-0.2, -0.15) is 0 Å². The topological polar surface area (TPSA) is 30.5 Å². The summed E-state index contributed by atoms with van der Waals surface area (Å²) in [6, 6.07) is 0.560. The molecule has 3 aliphatic rings. The third-order valence-electron chi connectivity index (χ3n) is 12.1. The van der Waals surface area contributed by atoms with Crippen molar-refractivity contribution in [3.05, 3.63) is 48.6 Å². The largest absolute Gasteiger partial charge is 0.344 e. The minimum atomic E-state index is -0.273. The van der Waals surface area contributed by atoms with Crippen molar-refractivity contribution in [3.63, 3.8) is 0 Å². The predicted octanol–water partition coefficient (Wildman–Crippen LogP) is 14.4. The number of ether oxygens (including phenoxy) is 2. The molecule has 3 rings (SSSR count). The SMILES string of the molecule is CCCCC/C=C\C/C=C\CCCCCCCCC1(CCCCCCCC/C=C\C/C=C\CCCCC)CCC2(C1)O[C@H]1CC(NC)C[C@H]1O2. The molecule has 1 saturated heterocycles. The fraction of sp³-hybridized carbons (Fsp3) is 0.830. The van der Waals surface area contributed by atoms with Gasteiger partial charge in [-0.1, -0.05) is 152 Å². The highest BCUT2D eigenvalue weighted by Crippen LogP contribution is 2.57. The summed E-state index contributed by atoms with van der Waals surface area (Å²) in [6.45, 7) is 4.55. The molecule has 2 aliphatic carbocycles. The van der Waals surface area contributed by atoms with Crippen LogP contribution in [0.4, 0.5) is 0 Å². The summed E-state index contributed by atoms with van der Waals surface area (Å²) in [7, 11) is 2.09. The molecule has 288 valence electrons. The molecule has 0 aromatic rings. The maximum absolute atomic E-state index is 6.81. The minimum absolute atomic E-state index is 0.273. The van der Waals surface area contributed by atoms with E-state index in [1.165, 1.54) is 161 Å². The van der Waals surface area contributed by atoms with Gasteiger partial charge in [0.05, 0.1) is 12.2 Å². The van der Waals surface area contributed by atoms with Gasteiger partial charge in [-0.3, -0.25) is 0 Å². The summed E-state index contributed by atoms with van der Waals surface area (Å²) in [6.07, 6.45) is 60.1. The number of fused-ring (bicyclic) bond motifs is 1. The number of hydrogen-bond donors (Lipinski definition) is 1. The second-order valence-electron chi connectivity index (χ2n) is 16.5. The van der Waals surface area contributed by atoms with Crippen molar-refractivity contribution in [2.45, 2.75) is 237 Å². The van der Waals surface area contributed by atoms with Crippen LogP contribution in [0.25, 0.3) is 0 Å². The molecule has 3 fully saturated rings. The maximum atomic E-state index is 6.81. The van der Waals surface area contributed by atoms with E-state index < -0.39 is 0 Å². The van der Waals surface area contributed by atoms with Gasteiger partial charge in [0.2, 0.25) is 0 Å². The maximum Gasteiger partial charge on any atom is 0.169 e. The lowest BCUT2D eigenvalue weighted by molar-refractivity contribution is -0.181. The van der Waals surface area contributed by atoms with E-state index in [2.05, 4.69) is 74.8 Å². The van der Waals surface area contributed by atoms with Gasteiger partial charge in [0.15, 0.2) is 5.79 Å². The molecule has 1 spiro atoms. The van der Waals surface area contributed by atoms with Crippen LogP contribution in [0, 0.1) is 5.41 Å². The molecule has 0 radical (unpaired) electrons. The zero-order chi connectivity index (χ0) is 35.4. The van der Waals surface area contributed by atoms with Crippen LogP contribution in [0.1, 0.15) is 213 Å². The molecule has 0 aromatic heterocycles. The Kier molecular flexibility index (Phi) is 23.7. The van der Waals surface area contributed by atoms with Crippen molar-refractivity contribution in [3.8, 4) is 0 Å². The van der Waals surface area contributed by atoms with Crippen LogP contribution < -0.4 is 5.32 Å². The predicted molar refractivity (Wildman–Crippen MR) is 219 cm³/mol. The van der Waals surface area contributed by atoms with Crippen molar-refractivity contribution in [2.75, 3.05) is 7.05 Å². The first-order valence-corrected chi connectivity index (χ1v) is 22.3. The molecule has 3 nitrogen and oxygen atoms in total. The third kappa shape index (κ3) is 18.1. The van der Waals surface area contributed by atoms with Crippen molar-refractivity contribution in [2.24, 2.45) is 5.41 Å². The Morgan fingerprint density at radius 2 is 0.900 bits per heavy atom. The monoisotopic (exact) mass is 694 g/mol. The summed E-state index contributed by atoms with van der Waals surface area (Å²) < 4.78 is 13.6. The number of unbranched alkanes of at least 4 members (excludes halogenated alkanes) is 18. The standard InChI is InChI=1S/C47H83NO2/c1-4-6-8-10-12-14-16-18-20-22-24-26-28-30-32-34-36-46(38-39-47(42-46)49-44-40-43(48-3)41-45(44)50-47)37-35-33-31-29-27-25-23-21-19-17-15-13-11-9-7-5-2/h12-15,18-21,43-45,48H,4-11,16-17,22-42H2,1-3H3/b14-12-,15-13-,20-18-,21-19-/t43?,44-,45+,47?. The van der Waals surface area contributed by atoms with E-state index in [0.717, 1.165) is 38.5 Å². The smallest absolute Gasteiger partial charge is 0.169 e. The Morgan fingerprint density at radius 1 is 0.500 bits per heavy atom. The number of allylic oxidation sites excluding steroid dienone is 8. The van der Waals surface area contributed by atoms with E-state index in [-0.39, 0.29) is 5.79 Å². The van der Waals surface area contributed by atoms with Crippen LogP contribution in [0.3, 0.4) is 0 Å². The van der Waals surface area contributed by atoms with Crippen LogP contribution >= 0.6 is 0 Å². The van der Waals surface area contributed by atoms with Crippen LogP contribution in [-0.4, -0.2) is 31.1 Å². The van der Waals surface area contributed by atoms with E-state index in [4.69, 9.17) is 9.47 Å². The molecule has 1 heterocycles. The van der Waals surface area contributed by atoms with Gasteiger partial charge in [-0.25, -0.2) is 0 Å². The van der Waals surface area contributed by atoms with Crippen LogP contribution in [0.5, 0.6) is 0 Å². The molecule has 0 amide bonds. The molecule has 1 N–H and O–H groups in total. The normalized spacial score (nSPS) is 24.8. The first-order valence-electron chi connectivity index (χ1n) is 22.3. The van der Waals surface area contributed by atoms with Gasteiger partial charge in [-0.05, 0) is 109 Å². The molecular weight excluding hydrogens is 611 g/mol. The lowest BCUT2D eigenvalue weighted by atomic mass is 9.76. The average molecular weight is 694 g/mol. The Morgan fingerprint density at radius 3 is 1.32 bits per heavy atom. The highest BCUT2D eigenvalue weighted by atomic mass is 16.8. The van der Waals surface area contributed by atoms with Gasteiger partial charge in [-0.15, -0.1) is 0 Å². The first-order chi connectivity index (χ1) is 24.6. The fourth-order valence-corrected chi connectivity index (χ4v) is 8.96. The molecule has 50 heavy (non-hydrogen) atoms. The van der Waals surface area contributed by atoms with Gasteiger partial charge in [0, 0.05) is 18.9 Å². The second-order valence-corrected chi connectivity index (χ2v) is 16.5. The number of hydrogen-bond acceptors (Lipinski definition) is 3.